The third-order valence-electron chi connectivity index (χ3n) is 2.63. The molecule has 0 amide bonds. The standard InChI is InChI=1S/C12H16N2O2/c1-8(2)10-7-16-12(14-10)9-4-5-13-11(6-9)15-3/h4-6,8,10H,7H2,1-3H3/t10-/m0/s1. The number of aliphatic imine (C=N–C) groups is 1. The Balaban J connectivity index is 2.21. The van der Waals surface area contributed by atoms with Crippen LogP contribution >= 0.6 is 0 Å². The molecule has 2 rings (SSSR count). The van der Waals surface area contributed by atoms with E-state index in [1.165, 1.54) is 0 Å². The highest BCUT2D eigenvalue weighted by Crippen LogP contribution is 2.19. The van der Waals surface area contributed by atoms with Gasteiger partial charge in [0, 0.05) is 17.8 Å². The summed E-state index contributed by atoms with van der Waals surface area (Å²) in [5.41, 5.74) is 0.926. The Labute approximate surface area is 95.3 Å². The first kappa shape index (κ1) is 10.9. The van der Waals surface area contributed by atoms with E-state index in [1.807, 2.05) is 12.1 Å². The highest BCUT2D eigenvalue weighted by Gasteiger charge is 2.22. The SMILES string of the molecule is COc1cc(C2=N[C@H](C(C)C)CO2)ccn1. The Kier molecular flexibility index (Phi) is 3.08. The summed E-state index contributed by atoms with van der Waals surface area (Å²) in [5, 5.41) is 0. The third kappa shape index (κ3) is 2.15. The minimum absolute atomic E-state index is 0.258. The second-order valence-corrected chi connectivity index (χ2v) is 4.14. The molecule has 0 aromatic carbocycles. The monoisotopic (exact) mass is 220 g/mol. The summed E-state index contributed by atoms with van der Waals surface area (Å²) in [6.07, 6.45) is 1.70. The molecule has 1 aliphatic rings. The van der Waals surface area contributed by atoms with E-state index in [9.17, 15) is 0 Å². The van der Waals surface area contributed by atoms with E-state index in [0.717, 1.165) is 5.56 Å². The second-order valence-electron chi connectivity index (χ2n) is 4.14. The van der Waals surface area contributed by atoms with Crippen molar-refractivity contribution in [2.24, 2.45) is 10.9 Å². The van der Waals surface area contributed by atoms with Crippen molar-refractivity contribution in [3.63, 3.8) is 0 Å². The van der Waals surface area contributed by atoms with Crippen molar-refractivity contribution in [2.75, 3.05) is 13.7 Å². The topological polar surface area (TPSA) is 43.7 Å². The molecule has 0 saturated heterocycles. The van der Waals surface area contributed by atoms with Gasteiger partial charge in [-0.05, 0) is 12.0 Å². The van der Waals surface area contributed by atoms with Crippen molar-refractivity contribution in [3.8, 4) is 5.88 Å². The van der Waals surface area contributed by atoms with Crippen LogP contribution in [0.5, 0.6) is 5.88 Å². The molecule has 4 heteroatoms. The first-order chi connectivity index (χ1) is 7.70. The van der Waals surface area contributed by atoms with Crippen molar-refractivity contribution in [1.82, 2.24) is 4.98 Å². The van der Waals surface area contributed by atoms with Gasteiger partial charge in [-0.15, -0.1) is 0 Å². The Morgan fingerprint density at radius 2 is 2.31 bits per heavy atom. The summed E-state index contributed by atoms with van der Waals surface area (Å²) in [6, 6.07) is 3.97. The number of hydrogen-bond donors (Lipinski definition) is 0. The maximum Gasteiger partial charge on any atom is 0.216 e. The molecule has 1 aromatic rings. The van der Waals surface area contributed by atoms with Crippen LogP contribution in [-0.2, 0) is 4.74 Å². The van der Waals surface area contributed by atoms with Crippen LogP contribution in [-0.4, -0.2) is 30.6 Å². The minimum Gasteiger partial charge on any atom is -0.481 e. The molecule has 0 fully saturated rings. The smallest absolute Gasteiger partial charge is 0.216 e. The summed E-state index contributed by atoms with van der Waals surface area (Å²) in [6.45, 7) is 4.96. The first-order valence-electron chi connectivity index (χ1n) is 5.41. The molecule has 2 heterocycles. The molecule has 0 aliphatic carbocycles. The van der Waals surface area contributed by atoms with E-state index in [1.54, 1.807) is 13.3 Å². The Morgan fingerprint density at radius 3 is 2.94 bits per heavy atom. The molecular formula is C12H16N2O2. The number of hydrogen-bond acceptors (Lipinski definition) is 4. The molecular weight excluding hydrogens is 204 g/mol. The van der Waals surface area contributed by atoms with Crippen molar-refractivity contribution in [1.29, 1.82) is 0 Å². The van der Waals surface area contributed by atoms with Crippen molar-refractivity contribution < 1.29 is 9.47 Å². The van der Waals surface area contributed by atoms with Gasteiger partial charge in [0.1, 0.15) is 6.61 Å². The van der Waals surface area contributed by atoms with E-state index in [2.05, 4.69) is 23.8 Å². The molecule has 1 atom stereocenters. The normalized spacial score (nSPS) is 19.5. The molecule has 1 aromatic heterocycles. The highest BCUT2D eigenvalue weighted by atomic mass is 16.5. The van der Waals surface area contributed by atoms with Crippen LogP contribution in [0.25, 0.3) is 0 Å². The molecule has 16 heavy (non-hydrogen) atoms. The van der Waals surface area contributed by atoms with Crippen molar-refractivity contribution >= 4 is 5.90 Å². The van der Waals surface area contributed by atoms with E-state index in [-0.39, 0.29) is 6.04 Å². The largest absolute Gasteiger partial charge is 0.481 e. The van der Waals surface area contributed by atoms with E-state index >= 15 is 0 Å². The lowest BCUT2D eigenvalue weighted by atomic mass is 10.1. The molecule has 0 radical (unpaired) electrons. The van der Waals surface area contributed by atoms with Crippen LogP contribution in [0.3, 0.4) is 0 Å². The van der Waals surface area contributed by atoms with Gasteiger partial charge in [0.15, 0.2) is 0 Å². The lowest BCUT2D eigenvalue weighted by Crippen LogP contribution is -2.13. The first-order valence-corrected chi connectivity index (χ1v) is 5.41. The number of rotatable bonds is 3. The van der Waals surface area contributed by atoms with Gasteiger partial charge >= 0.3 is 0 Å². The molecule has 4 nitrogen and oxygen atoms in total. The number of methoxy groups -OCH3 is 1. The average Bonchev–Trinajstić information content (AvgIpc) is 2.78. The van der Waals surface area contributed by atoms with Crippen LogP contribution < -0.4 is 4.74 Å². The van der Waals surface area contributed by atoms with E-state index in [4.69, 9.17) is 9.47 Å². The van der Waals surface area contributed by atoms with Crippen molar-refractivity contribution in [3.05, 3.63) is 23.9 Å². The van der Waals surface area contributed by atoms with Gasteiger partial charge < -0.3 is 9.47 Å². The second kappa shape index (κ2) is 4.51. The highest BCUT2D eigenvalue weighted by molar-refractivity contribution is 5.95. The fourth-order valence-corrected chi connectivity index (χ4v) is 1.54. The van der Waals surface area contributed by atoms with Crippen LogP contribution in [0.1, 0.15) is 19.4 Å². The van der Waals surface area contributed by atoms with Gasteiger partial charge in [-0.25, -0.2) is 9.98 Å². The fraction of sp³-hybridized carbons (Fsp3) is 0.500. The lowest BCUT2D eigenvalue weighted by molar-refractivity contribution is 0.291. The van der Waals surface area contributed by atoms with Gasteiger partial charge in [0.2, 0.25) is 11.8 Å². The summed E-state index contributed by atoms with van der Waals surface area (Å²) >= 11 is 0. The number of aromatic nitrogens is 1. The van der Waals surface area contributed by atoms with E-state index in [0.29, 0.717) is 24.3 Å². The average molecular weight is 220 g/mol. The zero-order valence-corrected chi connectivity index (χ0v) is 9.80. The fourth-order valence-electron chi connectivity index (χ4n) is 1.54. The Morgan fingerprint density at radius 1 is 1.50 bits per heavy atom. The number of pyridine rings is 1. The molecule has 0 bridgehead atoms. The third-order valence-corrected chi connectivity index (χ3v) is 2.63. The Bertz CT molecular complexity index is 402. The summed E-state index contributed by atoms with van der Waals surface area (Å²) < 4.78 is 10.6. The van der Waals surface area contributed by atoms with Gasteiger partial charge in [0.05, 0.1) is 13.2 Å². The lowest BCUT2D eigenvalue weighted by Gasteiger charge is -2.06. The zero-order chi connectivity index (χ0) is 11.5. The van der Waals surface area contributed by atoms with Gasteiger partial charge in [0.25, 0.3) is 0 Å². The number of nitrogens with zero attached hydrogens (tertiary/aromatic N) is 2. The maximum absolute atomic E-state index is 5.58. The zero-order valence-electron chi connectivity index (χ0n) is 9.80. The van der Waals surface area contributed by atoms with Crippen molar-refractivity contribution in [2.45, 2.75) is 19.9 Å². The molecule has 0 N–H and O–H groups in total. The van der Waals surface area contributed by atoms with Crippen LogP contribution in [0, 0.1) is 5.92 Å². The molecule has 0 unspecified atom stereocenters. The predicted molar refractivity (Wildman–Crippen MR) is 61.9 cm³/mol. The van der Waals surface area contributed by atoms with Gasteiger partial charge in [-0.3, -0.25) is 0 Å². The summed E-state index contributed by atoms with van der Waals surface area (Å²) in [5.74, 6) is 1.78. The molecule has 1 aliphatic heterocycles. The van der Waals surface area contributed by atoms with Gasteiger partial charge in [-0.1, -0.05) is 13.8 Å². The summed E-state index contributed by atoms with van der Waals surface area (Å²) in [7, 11) is 1.60. The van der Waals surface area contributed by atoms with Crippen LogP contribution in [0.4, 0.5) is 0 Å². The summed E-state index contributed by atoms with van der Waals surface area (Å²) in [4.78, 5) is 8.59. The number of ether oxygens (including phenoxy) is 2. The molecule has 0 saturated carbocycles. The minimum atomic E-state index is 0.258. The van der Waals surface area contributed by atoms with E-state index < -0.39 is 0 Å². The Hall–Kier alpha value is -1.58. The molecule has 86 valence electrons. The quantitative estimate of drug-likeness (QED) is 0.781. The predicted octanol–water partition coefficient (Wildman–Crippen LogP) is 1.89. The van der Waals surface area contributed by atoms with Crippen LogP contribution in [0.15, 0.2) is 23.3 Å². The van der Waals surface area contributed by atoms with Crippen LogP contribution in [0.2, 0.25) is 0 Å². The maximum atomic E-state index is 5.58. The molecule has 0 spiro atoms. The van der Waals surface area contributed by atoms with Gasteiger partial charge in [-0.2, -0.15) is 0 Å².